The summed E-state index contributed by atoms with van der Waals surface area (Å²) in [5.41, 5.74) is 3.42. The van der Waals surface area contributed by atoms with Crippen molar-refractivity contribution in [2.24, 2.45) is 5.92 Å². The highest BCUT2D eigenvalue weighted by atomic mass is 16.5. The molecule has 1 aromatic heterocycles. The molecule has 1 amide bonds. The van der Waals surface area contributed by atoms with Crippen molar-refractivity contribution in [3.05, 3.63) is 96.1 Å². The van der Waals surface area contributed by atoms with E-state index in [0.717, 1.165) is 42.7 Å². The van der Waals surface area contributed by atoms with Gasteiger partial charge >= 0.3 is 0 Å². The molecule has 6 nitrogen and oxygen atoms in total. The number of allylic oxidation sites excluding steroid dienone is 1. The molecule has 6 heteroatoms. The van der Waals surface area contributed by atoms with Crippen LogP contribution >= 0.6 is 0 Å². The lowest BCUT2D eigenvalue weighted by Crippen LogP contribution is -2.22. The van der Waals surface area contributed by atoms with Gasteiger partial charge in [0.15, 0.2) is 0 Å². The number of amides is 1. The minimum absolute atomic E-state index is 0.0479. The molecule has 4 rings (SSSR count). The summed E-state index contributed by atoms with van der Waals surface area (Å²) in [5, 5.41) is 3.00. The fraction of sp³-hybridized carbons (Fsp3) is 0.321. The Morgan fingerprint density at radius 2 is 1.56 bits per heavy atom. The van der Waals surface area contributed by atoms with Crippen molar-refractivity contribution in [3.8, 4) is 11.5 Å². The van der Waals surface area contributed by atoms with Crippen LogP contribution in [0.4, 0.5) is 0 Å². The Morgan fingerprint density at radius 1 is 0.971 bits per heavy atom. The zero-order chi connectivity index (χ0) is 23.8. The van der Waals surface area contributed by atoms with Crippen molar-refractivity contribution < 1.29 is 14.3 Å². The molecule has 1 heterocycles. The zero-order valence-corrected chi connectivity index (χ0v) is 19.7. The third-order valence-corrected chi connectivity index (χ3v) is 6.51. The van der Waals surface area contributed by atoms with Gasteiger partial charge in [-0.15, -0.1) is 0 Å². The van der Waals surface area contributed by atoms with Gasteiger partial charge in [-0.25, -0.2) is 9.97 Å². The molecule has 0 bridgehead atoms. The molecule has 1 aliphatic carbocycles. The summed E-state index contributed by atoms with van der Waals surface area (Å²) in [7, 11) is 3.34. The number of nitrogens with one attached hydrogen (secondary N) is 1. The lowest BCUT2D eigenvalue weighted by Gasteiger charge is -2.19. The van der Waals surface area contributed by atoms with Gasteiger partial charge in [0.1, 0.15) is 17.8 Å². The topological polar surface area (TPSA) is 73.3 Å². The van der Waals surface area contributed by atoms with E-state index in [1.54, 1.807) is 20.3 Å². The van der Waals surface area contributed by atoms with Gasteiger partial charge in [0.05, 0.1) is 14.2 Å². The first-order valence-electron chi connectivity index (χ1n) is 11.6. The summed E-state index contributed by atoms with van der Waals surface area (Å²) in [5.74, 6) is 1.87. The maximum absolute atomic E-state index is 12.4. The standard InChI is InChI=1S/C28H31N3O3/c1-33-25-11-6-22(7-12-25)28(23-8-13-26(34-2)14-9-23)17-24(28)10-15-27(32)31-16-4-3-5-21-18-29-20-30-19-21/h6-15,18-20,24H,3-5,16-17H2,1-2H3,(H,31,32)/b15-10+/t24-/m1/s1. The predicted molar refractivity (Wildman–Crippen MR) is 132 cm³/mol. The molecule has 3 aromatic rings. The zero-order valence-electron chi connectivity index (χ0n) is 19.7. The first kappa shape index (κ1) is 23.5. The fourth-order valence-corrected chi connectivity index (χ4v) is 4.51. The van der Waals surface area contributed by atoms with Crippen molar-refractivity contribution >= 4 is 5.91 Å². The summed E-state index contributed by atoms with van der Waals surface area (Å²) in [6.07, 6.45) is 12.7. The van der Waals surface area contributed by atoms with Crippen LogP contribution in [0.15, 0.2) is 79.4 Å². The van der Waals surface area contributed by atoms with Gasteiger partial charge < -0.3 is 14.8 Å². The van der Waals surface area contributed by atoms with Gasteiger partial charge in [-0.05, 0) is 78.6 Å². The molecule has 0 aliphatic heterocycles. The van der Waals surface area contributed by atoms with Crippen LogP contribution in [-0.4, -0.2) is 36.6 Å². The molecule has 1 saturated carbocycles. The number of ether oxygens (including phenoxy) is 2. The van der Waals surface area contributed by atoms with E-state index in [1.165, 1.54) is 17.5 Å². The molecule has 0 spiro atoms. The second-order valence-electron chi connectivity index (χ2n) is 8.59. The van der Waals surface area contributed by atoms with E-state index in [1.807, 2.05) is 42.7 Å². The molecule has 1 aliphatic rings. The number of hydrogen-bond acceptors (Lipinski definition) is 5. The average molecular weight is 458 g/mol. The molecule has 0 radical (unpaired) electrons. The number of benzene rings is 2. The molecular formula is C28H31N3O3. The molecule has 2 aromatic carbocycles. The smallest absolute Gasteiger partial charge is 0.243 e. The molecule has 34 heavy (non-hydrogen) atoms. The van der Waals surface area contributed by atoms with Crippen LogP contribution in [-0.2, 0) is 16.6 Å². The Balaban J connectivity index is 1.36. The monoisotopic (exact) mass is 457 g/mol. The van der Waals surface area contributed by atoms with Crippen LogP contribution in [0.3, 0.4) is 0 Å². The Kier molecular flexibility index (Phi) is 7.58. The molecule has 176 valence electrons. The third kappa shape index (κ3) is 5.45. The number of unbranched alkanes of at least 4 members (excludes halogenated alkanes) is 1. The molecule has 0 unspecified atom stereocenters. The minimum atomic E-state index is -0.146. The Hall–Kier alpha value is -3.67. The summed E-state index contributed by atoms with van der Waals surface area (Å²) >= 11 is 0. The van der Waals surface area contributed by atoms with Crippen LogP contribution in [0.5, 0.6) is 11.5 Å². The van der Waals surface area contributed by atoms with Gasteiger partial charge in [0, 0.05) is 24.4 Å². The third-order valence-electron chi connectivity index (χ3n) is 6.51. The first-order chi connectivity index (χ1) is 16.7. The molecule has 1 fully saturated rings. The van der Waals surface area contributed by atoms with Gasteiger partial charge in [-0.3, -0.25) is 4.79 Å². The maximum Gasteiger partial charge on any atom is 0.243 e. The molecular weight excluding hydrogens is 426 g/mol. The number of rotatable bonds is 11. The van der Waals surface area contributed by atoms with Gasteiger partial charge in [-0.2, -0.15) is 0 Å². The Labute approximate surface area is 201 Å². The normalized spacial score (nSPS) is 16.2. The summed E-state index contributed by atoms with van der Waals surface area (Å²) in [4.78, 5) is 20.5. The lowest BCUT2D eigenvalue weighted by molar-refractivity contribution is -0.116. The largest absolute Gasteiger partial charge is 0.497 e. The van der Waals surface area contributed by atoms with Crippen molar-refractivity contribution in [2.45, 2.75) is 31.1 Å². The predicted octanol–water partition coefficient (Wildman–Crippen LogP) is 4.50. The fourth-order valence-electron chi connectivity index (χ4n) is 4.51. The highest BCUT2D eigenvalue weighted by molar-refractivity contribution is 5.87. The van der Waals surface area contributed by atoms with E-state index < -0.39 is 0 Å². The van der Waals surface area contributed by atoms with Crippen LogP contribution < -0.4 is 14.8 Å². The summed E-state index contributed by atoms with van der Waals surface area (Å²) in [6.45, 7) is 0.656. The van der Waals surface area contributed by atoms with E-state index in [0.29, 0.717) is 6.54 Å². The number of carbonyl (C=O) groups excluding carboxylic acids is 1. The van der Waals surface area contributed by atoms with Crippen LogP contribution in [0.2, 0.25) is 0 Å². The van der Waals surface area contributed by atoms with Crippen LogP contribution in [0.1, 0.15) is 36.0 Å². The quantitative estimate of drug-likeness (QED) is 0.339. The van der Waals surface area contributed by atoms with E-state index in [9.17, 15) is 4.79 Å². The van der Waals surface area contributed by atoms with Gasteiger partial charge in [0.25, 0.3) is 0 Å². The Morgan fingerprint density at radius 3 is 2.12 bits per heavy atom. The summed E-state index contributed by atoms with van der Waals surface area (Å²) < 4.78 is 10.7. The number of methoxy groups -OCH3 is 2. The minimum Gasteiger partial charge on any atom is -0.497 e. The van der Waals surface area contributed by atoms with Crippen molar-refractivity contribution in [1.29, 1.82) is 0 Å². The molecule has 1 atom stereocenters. The number of hydrogen-bond donors (Lipinski definition) is 1. The van der Waals surface area contributed by atoms with E-state index >= 15 is 0 Å². The lowest BCUT2D eigenvalue weighted by atomic mass is 9.85. The number of nitrogens with zero attached hydrogens (tertiary/aromatic N) is 2. The van der Waals surface area contributed by atoms with Crippen LogP contribution in [0.25, 0.3) is 0 Å². The SMILES string of the molecule is COc1ccc(C2(c3ccc(OC)cc3)C[C@H]2/C=C/C(=O)NCCCCc2cncnc2)cc1. The van der Waals surface area contributed by atoms with Crippen molar-refractivity contribution in [2.75, 3.05) is 20.8 Å². The molecule has 0 saturated heterocycles. The highest BCUT2D eigenvalue weighted by Crippen LogP contribution is 2.59. The second kappa shape index (κ2) is 11.0. The molecule has 1 N–H and O–H groups in total. The first-order valence-corrected chi connectivity index (χ1v) is 11.6. The summed E-state index contributed by atoms with van der Waals surface area (Å²) in [6, 6.07) is 16.5. The van der Waals surface area contributed by atoms with Crippen LogP contribution in [0, 0.1) is 5.92 Å². The number of carbonyl (C=O) groups is 1. The average Bonchev–Trinajstić information content (AvgIpc) is 3.63. The van der Waals surface area contributed by atoms with Crippen molar-refractivity contribution in [3.63, 3.8) is 0 Å². The van der Waals surface area contributed by atoms with Gasteiger partial charge in [0.2, 0.25) is 5.91 Å². The highest BCUT2D eigenvalue weighted by Gasteiger charge is 2.55. The van der Waals surface area contributed by atoms with Crippen molar-refractivity contribution in [1.82, 2.24) is 15.3 Å². The maximum atomic E-state index is 12.4. The number of aryl methyl sites for hydroxylation is 1. The number of aromatic nitrogens is 2. The van der Waals surface area contributed by atoms with E-state index in [2.05, 4.69) is 39.6 Å². The Bertz CT molecular complexity index is 1050. The van der Waals surface area contributed by atoms with E-state index in [-0.39, 0.29) is 17.2 Å². The van der Waals surface area contributed by atoms with Gasteiger partial charge in [-0.1, -0.05) is 30.3 Å². The van der Waals surface area contributed by atoms with E-state index in [4.69, 9.17) is 9.47 Å². The second-order valence-corrected chi connectivity index (χ2v) is 8.59.